The molecule has 0 bridgehead atoms. The maximum Gasteiger partial charge on any atom is 0.320 e. The number of carbonyl (C=O) groups is 14. The lowest BCUT2D eigenvalue weighted by atomic mass is 9.89. The molecule has 0 aromatic heterocycles. The molecule has 1 unspecified atom stereocenters. The number of unbranched alkanes of at least 4 members (excludes halogenated alkanes) is 6. The van der Waals surface area contributed by atoms with E-state index in [4.69, 9.17) is 9.84 Å². The Bertz CT molecular complexity index is 2890. The maximum atomic E-state index is 14.6. The fraction of sp³-hybridized carbons (Fsp3) is 0.612. The van der Waals surface area contributed by atoms with Crippen molar-refractivity contribution >= 4 is 106 Å². The zero-order valence-corrected chi connectivity index (χ0v) is 57.8. The molecule has 1 aliphatic heterocycles. The molecule has 10 N–H and O–H groups in total. The van der Waals surface area contributed by atoms with Gasteiger partial charge in [-0.2, -0.15) is 0 Å². The van der Waals surface area contributed by atoms with Crippen molar-refractivity contribution in [2.75, 3.05) is 78.5 Å². The van der Waals surface area contributed by atoms with Crippen LogP contribution in [0.15, 0.2) is 48.5 Å². The van der Waals surface area contributed by atoms with Gasteiger partial charge in [-0.1, -0.05) is 62.1 Å². The molecule has 1 saturated heterocycles. The van der Waals surface area contributed by atoms with Crippen molar-refractivity contribution in [1.82, 2.24) is 40.9 Å². The van der Waals surface area contributed by atoms with Gasteiger partial charge in [0.25, 0.3) is 12.9 Å². The second-order valence-electron chi connectivity index (χ2n) is 24.5. The molecule has 1 aliphatic rings. The molecule has 2 aromatic rings. The molecule has 0 aliphatic carbocycles. The van der Waals surface area contributed by atoms with Crippen molar-refractivity contribution in [2.24, 2.45) is 11.8 Å². The molecular weight excluding hydrogens is 1400 g/mol. The third-order valence-corrected chi connectivity index (χ3v) is 17.4. The van der Waals surface area contributed by atoms with Crippen LogP contribution in [0.1, 0.15) is 146 Å². The lowest BCUT2D eigenvalue weighted by Gasteiger charge is -2.35. The smallest absolute Gasteiger partial charge is 0.320 e. The number of hydrogen-bond donors (Lipinski definition) is 10. The predicted octanol–water partition coefficient (Wildman–Crippen LogP) is 4.02. The third-order valence-electron chi connectivity index (χ3n) is 16.6. The minimum Gasteiger partial charge on any atom is -0.507 e. The molecule has 4 amide bonds. The Morgan fingerprint density at radius 2 is 1.08 bits per heavy atom. The highest BCUT2D eigenvalue weighted by atomic mass is 127. The van der Waals surface area contributed by atoms with Crippen LogP contribution in [-0.2, 0) is 84.6 Å². The highest BCUT2D eigenvalue weighted by Gasteiger charge is 2.33. The fourth-order valence-corrected chi connectivity index (χ4v) is 11.9. The molecule has 0 radical (unpaired) electrons. The van der Waals surface area contributed by atoms with Crippen LogP contribution in [0.5, 0.6) is 5.75 Å². The second kappa shape index (κ2) is 47.9. The average molecular weight is 1490 g/mol. The molecule has 30 nitrogen and oxygen atoms in total. The Hall–Kier alpha value is -8.01. The summed E-state index contributed by atoms with van der Waals surface area (Å²) in [6.07, 6.45) is 1.87. The number of ketones is 4. The van der Waals surface area contributed by atoms with Gasteiger partial charge in [0.15, 0.2) is 18.2 Å². The Balaban J connectivity index is 1.57. The molecule has 0 saturated carbocycles. The molecule has 3 rings (SSSR count). The highest BCUT2D eigenvalue weighted by molar-refractivity contribution is 14.1. The van der Waals surface area contributed by atoms with Crippen molar-refractivity contribution in [1.29, 1.82) is 0 Å². The first-order valence-corrected chi connectivity index (χ1v) is 34.2. The minimum absolute atomic E-state index is 0.0190. The number of rotatable bonds is 50. The van der Waals surface area contributed by atoms with Crippen molar-refractivity contribution < 1.29 is 107 Å². The van der Waals surface area contributed by atoms with Gasteiger partial charge < -0.3 is 61.4 Å². The maximum absolute atomic E-state index is 14.6. The van der Waals surface area contributed by atoms with E-state index in [-0.39, 0.29) is 172 Å². The largest absolute Gasteiger partial charge is 0.507 e. The number of carbonyl (C=O) groups excluding carboxylic acids is 9. The van der Waals surface area contributed by atoms with E-state index < -0.39 is 103 Å². The molecule has 0 spiro atoms. The van der Waals surface area contributed by atoms with Crippen molar-refractivity contribution in [2.45, 2.75) is 173 Å². The molecule has 2 aromatic carbocycles. The monoisotopic (exact) mass is 1490 g/mol. The van der Waals surface area contributed by atoms with Gasteiger partial charge in [-0.25, -0.2) is 4.79 Å². The molecule has 1 fully saturated rings. The van der Waals surface area contributed by atoms with Crippen LogP contribution in [0.25, 0.3) is 0 Å². The van der Waals surface area contributed by atoms with Crippen LogP contribution in [-0.4, -0.2) is 237 Å². The molecule has 31 heteroatoms. The van der Waals surface area contributed by atoms with Gasteiger partial charge in [0, 0.05) is 116 Å². The zero-order chi connectivity index (χ0) is 72.4. The van der Waals surface area contributed by atoms with Crippen molar-refractivity contribution in [3.63, 3.8) is 0 Å². The number of carboxylic acid groups (broad SMARTS) is 5. The van der Waals surface area contributed by atoms with Gasteiger partial charge in [0.05, 0.1) is 41.6 Å². The van der Waals surface area contributed by atoms with E-state index in [9.17, 15) is 92.7 Å². The summed E-state index contributed by atoms with van der Waals surface area (Å²) in [7, 11) is 0. The van der Waals surface area contributed by atoms with Gasteiger partial charge in [0.1, 0.15) is 29.1 Å². The predicted molar refractivity (Wildman–Crippen MR) is 361 cm³/mol. The van der Waals surface area contributed by atoms with Gasteiger partial charge in [-0.05, 0) is 111 Å². The topological polar surface area (TPSA) is 440 Å². The minimum atomic E-state index is -1.30. The number of nitrogens with one attached hydrogen (secondary N) is 4. The van der Waals surface area contributed by atoms with Gasteiger partial charge >= 0.3 is 35.9 Å². The lowest BCUT2D eigenvalue weighted by molar-refractivity contribution is -0.145. The van der Waals surface area contributed by atoms with Crippen LogP contribution < -0.4 is 21.3 Å². The summed E-state index contributed by atoms with van der Waals surface area (Å²) in [5, 5.41) is 70.0. The quantitative estimate of drug-likeness (QED) is 0.0193. The van der Waals surface area contributed by atoms with E-state index in [1.54, 1.807) is 57.2 Å². The van der Waals surface area contributed by atoms with Crippen LogP contribution in [0.2, 0.25) is 0 Å². The van der Waals surface area contributed by atoms with Gasteiger partial charge in [0.2, 0.25) is 11.8 Å². The standard InChI is InChI=1S/C67H97IN8O22/c1-46(79)41-73-28-30-74(42-62(87)88)32-34-76(35-33-75(31-29-73)43-63(89)90)55(66(94)95)23-22-52(81)39-50(36-48-21-24-56(82)53(68)37-48)64(91)70-54(38-47-14-6-4-7-15-47)57(83)40-49(65(92)93)16-8-5-10-18-51(80)17-9-2-3-11-19-58(84)69-27-13-12-20-59(97-44-77)71-67(96)72-60(98-45-78)25-26-61(85)86/h4,6-7,14-15,21,24,37,44-45,49-50,54-55,59-60,82H,2-3,5,8-13,16-20,22-23,25-36,38-43H2,1H3,(H,69,84)(H,70,91)(H,85,86)(H,87,88)(H,89,90)(H,92,93)(H,94,95)(H2,71,72,96)/t49-,50-,54+,55?,59+,60+/m0/s1. The number of aromatic hydroxyl groups is 1. The summed E-state index contributed by atoms with van der Waals surface area (Å²) in [6, 6.07) is 9.99. The molecule has 1 heterocycles. The van der Waals surface area contributed by atoms with Crippen LogP contribution in [0.4, 0.5) is 4.79 Å². The Morgan fingerprint density at radius 1 is 0.531 bits per heavy atom. The summed E-state index contributed by atoms with van der Waals surface area (Å²) in [4.78, 5) is 182. The van der Waals surface area contributed by atoms with E-state index in [0.29, 0.717) is 79.0 Å². The van der Waals surface area contributed by atoms with E-state index >= 15 is 0 Å². The number of phenols is 1. The third kappa shape index (κ3) is 37.1. The number of halogens is 1. The van der Waals surface area contributed by atoms with Crippen LogP contribution in [0.3, 0.4) is 0 Å². The summed E-state index contributed by atoms with van der Waals surface area (Å²) in [6.45, 7) is 2.43. The number of nitrogens with zero attached hydrogens (tertiary/aromatic N) is 4. The number of aliphatic carboxylic acids is 5. The molecule has 98 heavy (non-hydrogen) atoms. The molecule has 544 valence electrons. The van der Waals surface area contributed by atoms with Crippen LogP contribution >= 0.6 is 22.6 Å². The number of Topliss-reactive ketones (excluding diaryl/α,β-unsaturated/α-hetero) is 4. The molecule has 6 atom stereocenters. The second-order valence-corrected chi connectivity index (χ2v) is 25.7. The van der Waals surface area contributed by atoms with E-state index in [1.165, 1.54) is 13.0 Å². The number of hydrogen-bond acceptors (Lipinski definition) is 21. The first-order chi connectivity index (χ1) is 46.7. The number of urea groups is 1. The summed E-state index contributed by atoms with van der Waals surface area (Å²) in [5.74, 6) is -10.2. The first kappa shape index (κ1) is 84.2. The molecular formula is C67H97IN8O22. The number of benzene rings is 2. The van der Waals surface area contributed by atoms with E-state index in [2.05, 4.69) is 26.0 Å². The number of carboxylic acids is 5. The van der Waals surface area contributed by atoms with E-state index in [1.807, 2.05) is 27.5 Å². The SMILES string of the molecule is CC(=O)CN1CCN(CC(=O)O)CCN(C(CCC(=O)C[C@H](Cc2ccc(O)c(I)c2)C(=O)N[C@H](Cc2ccccc2)C(=O)C[C@H](CCCCCC(=O)CCCCCCC(=O)NCCCC[C@H](NC(=O)N[C@@H](CCC(=O)O)OC=O)OC=O)C(=O)O)C(=O)O)CCN(CC(=O)O)CC1. The Labute approximate surface area is 583 Å². The van der Waals surface area contributed by atoms with Crippen molar-refractivity contribution in [3.8, 4) is 5.75 Å². The number of phenolic OH excluding ortho intramolecular Hbond substituents is 1. The van der Waals surface area contributed by atoms with Gasteiger partial charge in [-0.15, -0.1) is 0 Å². The fourth-order valence-electron chi connectivity index (χ4n) is 11.3. The highest BCUT2D eigenvalue weighted by Crippen LogP contribution is 2.25. The Morgan fingerprint density at radius 3 is 1.62 bits per heavy atom. The normalized spacial score (nSPS) is 15.4. The summed E-state index contributed by atoms with van der Waals surface area (Å²) in [5.41, 5.74) is 1.21. The zero-order valence-electron chi connectivity index (χ0n) is 55.7. The van der Waals surface area contributed by atoms with Gasteiger partial charge in [-0.3, -0.25) is 81.9 Å². The summed E-state index contributed by atoms with van der Waals surface area (Å²) >= 11 is 1.92. The summed E-state index contributed by atoms with van der Waals surface area (Å²) < 4.78 is 10.0. The lowest BCUT2D eigenvalue weighted by Crippen LogP contribution is -2.51. The Kier molecular flexibility index (Phi) is 41.1. The number of ether oxygens (including phenoxy) is 2. The van der Waals surface area contributed by atoms with Crippen molar-refractivity contribution in [3.05, 3.63) is 63.2 Å². The average Bonchev–Trinajstić information content (AvgIpc) is 0.858. The number of amides is 4. The van der Waals surface area contributed by atoms with E-state index in [0.717, 1.165) is 6.42 Å². The first-order valence-electron chi connectivity index (χ1n) is 33.2. The van der Waals surface area contributed by atoms with Crippen LogP contribution in [0, 0.1) is 15.4 Å².